The third-order valence-electron chi connectivity index (χ3n) is 10.3. The second-order valence-corrected chi connectivity index (χ2v) is 13.0. The molecule has 1 atom stereocenters. The van der Waals surface area contributed by atoms with Gasteiger partial charge in [-0.15, -0.1) is 0 Å². The summed E-state index contributed by atoms with van der Waals surface area (Å²) in [7, 11) is 0. The molecular weight excluding hydrogens is 620 g/mol. The smallest absolute Gasteiger partial charge is 0.308 e. The fourth-order valence-corrected chi connectivity index (χ4v) is 8.05. The fraction of sp³-hybridized carbons (Fsp3) is 0.465. The summed E-state index contributed by atoms with van der Waals surface area (Å²) in [6.45, 7) is 19.8. The van der Waals surface area contributed by atoms with Crippen molar-refractivity contribution in [3.63, 3.8) is 0 Å². The first kappa shape index (κ1) is 37.0. The number of nitrogens with one attached hydrogen (secondary N) is 2. The standard InChI is InChI=1S/C43H56N4O3/c1-10-26-28(12-3)37-23-39-30(14-5)32(16-7)42(46-39)34(20-19-25(48)21-41(49)50-18-9)43-33(17-8)31(15-6)40(47-43)24-38-29(13-4)27(11-2)36(45-38)22-35(26)44-37/h19-20,22-25,44-45,48H,10-18,21H2,1-9H3/b20-19+,35-22?,36-22?,37-23?,38-24?,39-23?,40-24?,42-34?,43-34?. The zero-order valence-corrected chi connectivity index (χ0v) is 31.7. The van der Waals surface area contributed by atoms with Crippen LogP contribution in [0.25, 0.3) is 50.4 Å². The number of ether oxygens (including phenoxy) is 1. The molecule has 50 heavy (non-hydrogen) atoms. The van der Waals surface area contributed by atoms with Crippen LogP contribution < -0.4 is 0 Å². The van der Waals surface area contributed by atoms with Gasteiger partial charge in [0.2, 0.25) is 0 Å². The molecule has 2 aliphatic rings. The van der Waals surface area contributed by atoms with Gasteiger partial charge in [-0.25, -0.2) is 9.97 Å². The zero-order valence-electron chi connectivity index (χ0n) is 31.7. The van der Waals surface area contributed by atoms with E-state index in [2.05, 4.69) is 83.6 Å². The number of hydrogen-bond acceptors (Lipinski definition) is 5. The lowest BCUT2D eigenvalue weighted by molar-refractivity contribution is -0.144. The number of esters is 1. The third kappa shape index (κ3) is 6.89. The molecule has 2 aliphatic heterocycles. The highest BCUT2D eigenvalue weighted by Crippen LogP contribution is 2.42. The van der Waals surface area contributed by atoms with Crippen LogP contribution in [0.1, 0.15) is 145 Å². The summed E-state index contributed by atoms with van der Waals surface area (Å²) in [4.78, 5) is 30.8. The van der Waals surface area contributed by atoms with Crippen LogP contribution in [0.4, 0.5) is 0 Å². The lowest BCUT2D eigenvalue weighted by Crippen LogP contribution is -2.13. The molecule has 5 heterocycles. The number of rotatable bonds is 13. The largest absolute Gasteiger partial charge is 0.466 e. The van der Waals surface area contributed by atoms with E-state index < -0.39 is 12.1 Å². The van der Waals surface area contributed by atoms with Gasteiger partial charge in [0.25, 0.3) is 0 Å². The number of aromatic amines is 2. The topological polar surface area (TPSA) is 104 Å². The van der Waals surface area contributed by atoms with Gasteiger partial charge in [0.05, 0.1) is 41.9 Å². The van der Waals surface area contributed by atoms with E-state index in [0.717, 1.165) is 102 Å². The minimum atomic E-state index is -1.000. The van der Waals surface area contributed by atoms with Crippen LogP contribution in [0.3, 0.4) is 0 Å². The average molecular weight is 677 g/mol. The van der Waals surface area contributed by atoms with Crippen molar-refractivity contribution in [1.82, 2.24) is 19.9 Å². The molecule has 8 bridgehead atoms. The highest BCUT2D eigenvalue weighted by atomic mass is 16.5. The first-order valence-corrected chi connectivity index (χ1v) is 19.0. The average Bonchev–Trinajstić information content (AvgIpc) is 3.83. The summed E-state index contributed by atoms with van der Waals surface area (Å²) in [6, 6.07) is 6.81. The van der Waals surface area contributed by atoms with Gasteiger partial charge in [0.15, 0.2) is 0 Å². The Balaban J connectivity index is 2.02. The molecule has 7 nitrogen and oxygen atoms in total. The van der Waals surface area contributed by atoms with Gasteiger partial charge in [0, 0.05) is 27.6 Å². The Kier molecular flexibility index (Phi) is 12.0. The maximum absolute atomic E-state index is 12.3. The number of aryl methyl sites for hydroxylation is 4. The van der Waals surface area contributed by atoms with E-state index in [1.54, 1.807) is 13.0 Å². The number of carbonyl (C=O) groups is 1. The number of H-pyrrole nitrogens is 2. The minimum absolute atomic E-state index is 0.110. The molecule has 0 fully saturated rings. The van der Waals surface area contributed by atoms with E-state index in [9.17, 15) is 9.90 Å². The van der Waals surface area contributed by atoms with Gasteiger partial charge >= 0.3 is 5.97 Å². The Morgan fingerprint density at radius 1 is 0.640 bits per heavy atom. The first-order valence-electron chi connectivity index (χ1n) is 19.0. The number of allylic oxidation sites excluding steroid dienone is 4. The van der Waals surface area contributed by atoms with Crippen LogP contribution >= 0.6 is 0 Å². The highest BCUT2D eigenvalue weighted by molar-refractivity contribution is 6.00. The van der Waals surface area contributed by atoms with Crippen molar-refractivity contribution in [2.45, 2.75) is 126 Å². The quantitative estimate of drug-likeness (QED) is 0.156. The summed E-state index contributed by atoms with van der Waals surface area (Å²) in [5.41, 5.74) is 19.3. The van der Waals surface area contributed by atoms with Crippen LogP contribution in [0.5, 0.6) is 0 Å². The van der Waals surface area contributed by atoms with Crippen molar-refractivity contribution in [2.75, 3.05) is 6.61 Å². The lowest BCUT2D eigenvalue weighted by Gasteiger charge is -2.10. The van der Waals surface area contributed by atoms with Crippen molar-refractivity contribution >= 4 is 56.4 Å². The number of fused-ring (bicyclic) bond motifs is 8. The van der Waals surface area contributed by atoms with Crippen LogP contribution in [0.2, 0.25) is 0 Å². The predicted octanol–water partition coefficient (Wildman–Crippen LogP) is 10.4. The van der Waals surface area contributed by atoms with E-state index in [1.165, 1.54) is 44.5 Å². The zero-order chi connectivity index (χ0) is 36.1. The van der Waals surface area contributed by atoms with Crippen LogP contribution in [-0.2, 0) is 35.2 Å². The Morgan fingerprint density at radius 2 is 1.04 bits per heavy atom. The minimum Gasteiger partial charge on any atom is -0.466 e. The predicted molar refractivity (Wildman–Crippen MR) is 210 cm³/mol. The third-order valence-corrected chi connectivity index (χ3v) is 10.3. The van der Waals surface area contributed by atoms with Crippen molar-refractivity contribution in [2.24, 2.45) is 0 Å². The number of nitrogens with zero attached hydrogens (tertiary/aromatic N) is 2. The molecule has 3 aromatic heterocycles. The second kappa shape index (κ2) is 16.2. The molecule has 0 aromatic carbocycles. The Morgan fingerprint density at radius 3 is 1.40 bits per heavy atom. The van der Waals surface area contributed by atoms with E-state index in [4.69, 9.17) is 14.7 Å². The monoisotopic (exact) mass is 676 g/mol. The second-order valence-electron chi connectivity index (χ2n) is 13.0. The number of aromatic nitrogens is 4. The molecule has 0 saturated heterocycles. The van der Waals surface area contributed by atoms with E-state index in [1.807, 2.05) is 6.08 Å². The molecule has 0 saturated carbocycles. The Labute approximate surface area is 298 Å². The number of aliphatic hydroxyl groups is 1. The molecule has 0 amide bonds. The molecule has 3 N–H and O–H groups in total. The Bertz CT molecular complexity index is 1900. The molecule has 0 spiro atoms. The molecule has 1 unspecified atom stereocenters. The number of carbonyl (C=O) groups excluding carboxylic acids is 1. The summed E-state index contributed by atoms with van der Waals surface area (Å²) >= 11 is 0. The highest BCUT2D eigenvalue weighted by Gasteiger charge is 2.26. The summed E-state index contributed by atoms with van der Waals surface area (Å²) in [5.74, 6) is -0.423. The van der Waals surface area contributed by atoms with E-state index in [0.29, 0.717) is 0 Å². The summed E-state index contributed by atoms with van der Waals surface area (Å²) in [6.07, 6.45) is 9.50. The molecular formula is C43H56N4O3. The van der Waals surface area contributed by atoms with Gasteiger partial charge in [0.1, 0.15) is 0 Å². The maximum atomic E-state index is 12.3. The van der Waals surface area contributed by atoms with Crippen molar-refractivity contribution in [3.8, 4) is 0 Å². The molecule has 0 radical (unpaired) electrons. The van der Waals surface area contributed by atoms with Crippen LogP contribution in [0, 0.1) is 0 Å². The van der Waals surface area contributed by atoms with Gasteiger partial charge in [-0.3, -0.25) is 4.79 Å². The fourth-order valence-electron chi connectivity index (χ4n) is 8.05. The maximum Gasteiger partial charge on any atom is 0.308 e. The van der Waals surface area contributed by atoms with E-state index in [-0.39, 0.29) is 13.0 Å². The van der Waals surface area contributed by atoms with Crippen molar-refractivity contribution < 1.29 is 14.6 Å². The van der Waals surface area contributed by atoms with Gasteiger partial charge in [-0.05, 0) is 121 Å². The first-order chi connectivity index (χ1) is 24.2. The SMILES string of the molecule is CCOC(=O)CC(O)/C=C/c1c2nc(cc3[nH]c(cc4[nH]c(cc5nc1C(CC)=C5CC)c(CC)c4CC)c(CC)c3CC)C(CC)=C2CC. The molecule has 266 valence electrons. The van der Waals surface area contributed by atoms with Gasteiger partial charge in [-0.2, -0.15) is 0 Å². The number of aliphatic hydroxyl groups excluding tert-OH is 1. The molecule has 0 aliphatic carbocycles. The normalized spacial score (nSPS) is 14.0. The Hall–Kier alpha value is -4.23. The van der Waals surface area contributed by atoms with Crippen molar-refractivity contribution in [3.05, 3.63) is 74.9 Å². The number of hydrogen-bond donors (Lipinski definition) is 3. The van der Waals surface area contributed by atoms with Crippen LogP contribution in [0.15, 0.2) is 24.3 Å². The van der Waals surface area contributed by atoms with E-state index >= 15 is 0 Å². The summed E-state index contributed by atoms with van der Waals surface area (Å²) < 4.78 is 5.13. The van der Waals surface area contributed by atoms with Gasteiger partial charge < -0.3 is 19.8 Å². The van der Waals surface area contributed by atoms with Crippen molar-refractivity contribution in [1.29, 1.82) is 0 Å². The molecule has 3 aromatic rings. The summed E-state index contributed by atoms with van der Waals surface area (Å²) in [5, 5.41) is 11.0. The van der Waals surface area contributed by atoms with Gasteiger partial charge in [-0.1, -0.05) is 67.5 Å². The molecule has 5 rings (SSSR count). The molecule has 7 heteroatoms. The van der Waals surface area contributed by atoms with Crippen LogP contribution in [-0.4, -0.2) is 43.7 Å². The lowest BCUT2D eigenvalue weighted by atomic mass is 9.93.